The first kappa shape index (κ1) is 20.2. The molecule has 0 unspecified atom stereocenters. The van der Waals surface area contributed by atoms with Crippen molar-refractivity contribution in [3.8, 4) is 5.75 Å². The number of carbonyl (C=O) groups excluding carboxylic acids is 1. The molecule has 0 saturated carbocycles. The Balaban J connectivity index is 1.82. The van der Waals surface area contributed by atoms with Gasteiger partial charge in [-0.1, -0.05) is 76.1 Å². The van der Waals surface area contributed by atoms with Crippen LogP contribution in [-0.4, -0.2) is 23.0 Å². The summed E-state index contributed by atoms with van der Waals surface area (Å²) in [4.78, 5) is 14.9. The molecule has 4 rings (SSSR count). The third-order valence-corrected chi connectivity index (χ3v) is 6.08. The maximum absolute atomic E-state index is 13.2. The number of amides is 1. The second-order valence-corrected chi connectivity index (χ2v) is 8.19. The zero-order valence-corrected chi connectivity index (χ0v) is 18.4. The van der Waals surface area contributed by atoms with E-state index < -0.39 is 6.04 Å². The van der Waals surface area contributed by atoms with Gasteiger partial charge in [0.15, 0.2) is 5.76 Å². The number of ether oxygens (including phenoxy) is 1. The molecule has 1 amide bonds. The number of hydrogen-bond donors (Lipinski definition) is 1. The van der Waals surface area contributed by atoms with Crippen LogP contribution in [0.1, 0.15) is 28.3 Å². The predicted octanol–water partition coefficient (Wildman–Crippen LogP) is 5.82. The molecule has 1 atom stereocenters. The van der Waals surface area contributed by atoms with E-state index in [0.717, 1.165) is 32.5 Å². The maximum Gasteiger partial charge on any atom is 0.290 e. The van der Waals surface area contributed by atoms with Crippen molar-refractivity contribution in [2.24, 2.45) is 0 Å². The lowest BCUT2D eigenvalue weighted by Gasteiger charge is -2.28. The number of halogens is 1. The SMILES string of the molecule is COc1cccc(CN2C(=O)C(O)=C(c3ccc(C)cc3)[C@H]2c2ccccc2Br)c1. The van der Waals surface area contributed by atoms with Crippen molar-refractivity contribution in [3.05, 3.63) is 105 Å². The minimum atomic E-state index is -0.415. The summed E-state index contributed by atoms with van der Waals surface area (Å²) in [5.74, 6) is 0.143. The van der Waals surface area contributed by atoms with Crippen LogP contribution >= 0.6 is 15.9 Å². The lowest BCUT2D eigenvalue weighted by atomic mass is 9.93. The van der Waals surface area contributed by atoms with Gasteiger partial charge in [0.25, 0.3) is 5.91 Å². The van der Waals surface area contributed by atoms with E-state index in [4.69, 9.17) is 4.74 Å². The van der Waals surface area contributed by atoms with Crippen molar-refractivity contribution in [1.82, 2.24) is 4.90 Å². The number of aliphatic hydroxyl groups is 1. The Kier molecular flexibility index (Phi) is 5.64. The number of aliphatic hydroxyl groups excluding tert-OH is 1. The number of benzene rings is 3. The van der Waals surface area contributed by atoms with Crippen LogP contribution in [-0.2, 0) is 11.3 Å². The van der Waals surface area contributed by atoms with Crippen molar-refractivity contribution in [2.45, 2.75) is 19.5 Å². The first-order chi connectivity index (χ1) is 14.5. The molecule has 4 nitrogen and oxygen atoms in total. The molecule has 3 aromatic carbocycles. The number of methoxy groups -OCH3 is 1. The van der Waals surface area contributed by atoms with Crippen LogP contribution in [0, 0.1) is 6.92 Å². The Labute approximate surface area is 184 Å². The van der Waals surface area contributed by atoms with Crippen LogP contribution in [0.2, 0.25) is 0 Å². The zero-order valence-electron chi connectivity index (χ0n) is 16.8. The van der Waals surface area contributed by atoms with Gasteiger partial charge in [0.1, 0.15) is 5.75 Å². The van der Waals surface area contributed by atoms with Gasteiger partial charge in [-0.3, -0.25) is 4.79 Å². The molecular weight excluding hydrogens is 442 g/mol. The summed E-state index contributed by atoms with van der Waals surface area (Å²) >= 11 is 3.63. The molecule has 0 fully saturated rings. The largest absolute Gasteiger partial charge is 0.503 e. The molecule has 0 spiro atoms. The van der Waals surface area contributed by atoms with Crippen molar-refractivity contribution in [3.63, 3.8) is 0 Å². The molecule has 1 aliphatic rings. The molecule has 0 bridgehead atoms. The highest BCUT2D eigenvalue weighted by Crippen LogP contribution is 2.45. The van der Waals surface area contributed by atoms with Crippen LogP contribution < -0.4 is 4.74 Å². The van der Waals surface area contributed by atoms with Gasteiger partial charge in [-0.25, -0.2) is 0 Å². The van der Waals surface area contributed by atoms with E-state index in [0.29, 0.717) is 12.1 Å². The van der Waals surface area contributed by atoms with Crippen LogP contribution in [0.25, 0.3) is 5.57 Å². The highest BCUT2D eigenvalue weighted by molar-refractivity contribution is 9.10. The third-order valence-electron chi connectivity index (χ3n) is 5.35. The van der Waals surface area contributed by atoms with Crippen molar-refractivity contribution < 1.29 is 14.6 Å². The molecule has 0 aliphatic carbocycles. The molecule has 1 N–H and O–H groups in total. The third kappa shape index (κ3) is 3.73. The summed E-state index contributed by atoms with van der Waals surface area (Å²) in [6.45, 7) is 2.36. The fourth-order valence-corrected chi connectivity index (χ4v) is 4.33. The van der Waals surface area contributed by atoms with E-state index >= 15 is 0 Å². The van der Waals surface area contributed by atoms with Gasteiger partial charge in [-0.15, -0.1) is 0 Å². The van der Waals surface area contributed by atoms with Crippen molar-refractivity contribution in [2.75, 3.05) is 7.11 Å². The van der Waals surface area contributed by atoms with Crippen molar-refractivity contribution in [1.29, 1.82) is 0 Å². The second-order valence-electron chi connectivity index (χ2n) is 7.34. The average molecular weight is 464 g/mol. The lowest BCUT2D eigenvalue weighted by Crippen LogP contribution is -2.30. The fraction of sp³-hybridized carbons (Fsp3) is 0.160. The number of rotatable bonds is 5. The van der Waals surface area contributed by atoms with Crippen LogP contribution in [0.3, 0.4) is 0 Å². The topological polar surface area (TPSA) is 49.8 Å². The fourth-order valence-electron chi connectivity index (χ4n) is 3.83. The van der Waals surface area contributed by atoms with Crippen LogP contribution in [0.4, 0.5) is 0 Å². The molecule has 30 heavy (non-hydrogen) atoms. The van der Waals surface area contributed by atoms with E-state index in [1.165, 1.54) is 0 Å². The van der Waals surface area contributed by atoms with Gasteiger partial charge in [0.05, 0.1) is 13.2 Å². The molecule has 0 radical (unpaired) electrons. The van der Waals surface area contributed by atoms with Gasteiger partial charge in [-0.2, -0.15) is 0 Å². The van der Waals surface area contributed by atoms with E-state index in [-0.39, 0.29) is 11.7 Å². The van der Waals surface area contributed by atoms with E-state index in [9.17, 15) is 9.90 Å². The van der Waals surface area contributed by atoms with Gasteiger partial charge in [0.2, 0.25) is 0 Å². The van der Waals surface area contributed by atoms with Gasteiger partial charge in [0, 0.05) is 16.6 Å². The number of hydrogen-bond acceptors (Lipinski definition) is 3. The first-order valence-electron chi connectivity index (χ1n) is 9.68. The second kappa shape index (κ2) is 8.36. The summed E-state index contributed by atoms with van der Waals surface area (Å²) in [5.41, 5.74) is 4.43. The Morgan fingerprint density at radius 2 is 1.77 bits per heavy atom. The smallest absolute Gasteiger partial charge is 0.290 e. The zero-order chi connectivity index (χ0) is 21.3. The first-order valence-corrected chi connectivity index (χ1v) is 10.5. The maximum atomic E-state index is 13.2. The molecule has 5 heteroatoms. The Bertz CT molecular complexity index is 1120. The highest BCUT2D eigenvalue weighted by Gasteiger charge is 2.41. The van der Waals surface area contributed by atoms with Crippen molar-refractivity contribution >= 4 is 27.4 Å². The molecule has 1 heterocycles. The molecule has 0 saturated heterocycles. The minimum Gasteiger partial charge on any atom is -0.503 e. The van der Waals surface area contributed by atoms with E-state index in [2.05, 4.69) is 15.9 Å². The van der Waals surface area contributed by atoms with Crippen LogP contribution in [0.15, 0.2) is 83.0 Å². The van der Waals surface area contributed by atoms with Crippen LogP contribution in [0.5, 0.6) is 5.75 Å². The molecule has 3 aromatic rings. The Morgan fingerprint density at radius 3 is 2.47 bits per heavy atom. The molecule has 152 valence electrons. The average Bonchev–Trinajstić information content (AvgIpc) is 3.00. The lowest BCUT2D eigenvalue weighted by molar-refractivity contribution is -0.130. The molecule has 0 aromatic heterocycles. The van der Waals surface area contributed by atoms with Gasteiger partial charge >= 0.3 is 0 Å². The predicted molar refractivity (Wildman–Crippen MR) is 121 cm³/mol. The summed E-state index contributed by atoms with van der Waals surface area (Å²) in [6, 6.07) is 22.9. The Morgan fingerprint density at radius 1 is 1.03 bits per heavy atom. The number of aryl methyl sites for hydroxylation is 1. The highest BCUT2D eigenvalue weighted by atomic mass is 79.9. The number of carbonyl (C=O) groups is 1. The van der Waals surface area contributed by atoms with E-state index in [1.54, 1.807) is 12.0 Å². The number of nitrogens with zero attached hydrogens (tertiary/aromatic N) is 1. The van der Waals surface area contributed by atoms with Gasteiger partial charge in [-0.05, 0) is 41.8 Å². The quantitative estimate of drug-likeness (QED) is 0.518. The Hall–Kier alpha value is -3.05. The summed E-state index contributed by atoms with van der Waals surface area (Å²) < 4.78 is 6.22. The standard InChI is InChI=1S/C25H22BrNO3/c1-16-10-12-18(13-11-16)22-23(20-8-3-4-9-21(20)26)27(25(29)24(22)28)15-17-6-5-7-19(14-17)30-2/h3-14,23,28H,15H2,1-2H3/t23-/m1/s1. The summed E-state index contributed by atoms with van der Waals surface area (Å²) in [5, 5.41) is 10.9. The monoisotopic (exact) mass is 463 g/mol. The molecule has 1 aliphatic heterocycles. The minimum absolute atomic E-state index is 0.206. The molecular formula is C25H22BrNO3. The van der Waals surface area contributed by atoms with E-state index in [1.807, 2.05) is 79.7 Å². The summed E-state index contributed by atoms with van der Waals surface area (Å²) in [7, 11) is 1.62. The summed E-state index contributed by atoms with van der Waals surface area (Å²) in [6.07, 6.45) is 0. The van der Waals surface area contributed by atoms with Gasteiger partial charge < -0.3 is 14.7 Å². The normalized spacial score (nSPS) is 16.3.